The van der Waals surface area contributed by atoms with E-state index in [1.807, 2.05) is 18.2 Å². The molecule has 2 N–H and O–H groups in total. The van der Waals surface area contributed by atoms with Crippen molar-refractivity contribution in [3.05, 3.63) is 29.8 Å². The molecule has 64 valence electrons. The maximum absolute atomic E-state index is 5.70. The summed E-state index contributed by atoms with van der Waals surface area (Å²) in [6.07, 6.45) is 0. The Morgan fingerprint density at radius 3 is 3.00 bits per heavy atom. The van der Waals surface area contributed by atoms with E-state index in [1.54, 1.807) is 0 Å². The monoisotopic (exact) mass is 163 g/mol. The second-order valence-corrected chi connectivity index (χ2v) is 3.55. The summed E-state index contributed by atoms with van der Waals surface area (Å²) in [5.74, 6) is 0.991. The van der Waals surface area contributed by atoms with Gasteiger partial charge in [-0.15, -0.1) is 0 Å². The molecule has 1 atom stereocenters. The number of rotatable bonds is 1. The fourth-order valence-electron chi connectivity index (χ4n) is 1.57. The zero-order valence-electron chi connectivity index (χ0n) is 7.21. The van der Waals surface area contributed by atoms with Crippen LogP contribution in [0.4, 0.5) is 0 Å². The van der Waals surface area contributed by atoms with E-state index in [1.165, 1.54) is 5.56 Å². The van der Waals surface area contributed by atoms with Crippen molar-refractivity contribution in [3.8, 4) is 5.75 Å². The highest BCUT2D eigenvalue weighted by Gasteiger charge is 2.34. The van der Waals surface area contributed by atoms with E-state index in [2.05, 4.69) is 13.0 Å². The van der Waals surface area contributed by atoms with E-state index < -0.39 is 0 Å². The first-order valence-corrected chi connectivity index (χ1v) is 4.19. The normalized spacial score (nSPS) is 26.5. The molecule has 0 saturated heterocycles. The average Bonchev–Trinajstić information content (AvgIpc) is 2.46. The molecule has 2 nitrogen and oxygen atoms in total. The van der Waals surface area contributed by atoms with Gasteiger partial charge in [-0.25, -0.2) is 0 Å². The van der Waals surface area contributed by atoms with E-state index in [9.17, 15) is 0 Å². The van der Waals surface area contributed by atoms with E-state index >= 15 is 0 Å². The molecule has 2 rings (SSSR count). The van der Waals surface area contributed by atoms with Crippen molar-refractivity contribution in [1.29, 1.82) is 0 Å². The maximum atomic E-state index is 5.70. The first-order valence-electron chi connectivity index (χ1n) is 4.19. The standard InChI is InChI=1S/C10H13NO/c1-10(6-11)7-12-9-5-3-2-4-8(9)10/h2-5H,6-7,11H2,1H3. The molecule has 0 aliphatic carbocycles. The fourth-order valence-corrected chi connectivity index (χ4v) is 1.57. The van der Waals surface area contributed by atoms with Gasteiger partial charge in [-0.1, -0.05) is 25.1 Å². The molecule has 0 saturated carbocycles. The molecule has 2 heteroatoms. The number of hydrogen-bond donors (Lipinski definition) is 1. The topological polar surface area (TPSA) is 35.2 Å². The lowest BCUT2D eigenvalue weighted by Gasteiger charge is -2.19. The smallest absolute Gasteiger partial charge is 0.123 e. The van der Waals surface area contributed by atoms with Gasteiger partial charge in [-0.3, -0.25) is 0 Å². The zero-order chi connectivity index (χ0) is 8.60. The van der Waals surface area contributed by atoms with Crippen LogP contribution < -0.4 is 10.5 Å². The van der Waals surface area contributed by atoms with Crippen molar-refractivity contribution in [2.75, 3.05) is 13.2 Å². The van der Waals surface area contributed by atoms with Crippen LogP contribution in [0.3, 0.4) is 0 Å². The van der Waals surface area contributed by atoms with Gasteiger partial charge in [0.25, 0.3) is 0 Å². The number of para-hydroxylation sites is 1. The number of fused-ring (bicyclic) bond motifs is 1. The maximum Gasteiger partial charge on any atom is 0.123 e. The summed E-state index contributed by atoms with van der Waals surface area (Å²) in [4.78, 5) is 0. The number of ether oxygens (including phenoxy) is 1. The molecule has 0 spiro atoms. The van der Waals surface area contributed by atoms with E-state index in [0.29, 0.717) is 13.2 Å². The van der Waals surface area contributed by atoms with Crippen LogP contribution in [-0.2, 0) is 5.41 Å². The Morgan fingerprint density at radius 1 is 1.50 bits per heavy atom. The van der Waals surface area contributed by atoms with E-state index in [0.717, 1.165) is 5.75 Å². The molecule has 0 radical (unpaired) electrons. The summed E-state index contributed by atoms with van der Waals surface area (Å²) < 4.78 is 5.52. The predicted octanol–water partition coefficient (Wildman–Crippen LogP) is 1.30. The summed E-state index contributed by atoms with van der Waals surface area (Å²) in [5, 5.41) is 0. The quantitative estimate of drug-likeness (QED) is 0.677. The van der Waals surface area contributed by atoms with Crippen LogP contribution in [0.25, 0.3) is 0 Å². The SMILES string of the molecule is CC1(CN)COc2ccccc21. The molecule has 0 aromatic heterocycles. The van der Waals surface area contributed by atoms with Gasteiger partial charge in [0.05, 0.1) is 6.61 Å². The molecule has 0 fully saturated rings. The predicted molar refractivity (Wildman–Crippen MR) is 48.3 cm³/mol. The van der Waals surface area contributed by atoms with E-state index in [-0.39, 0.29) is 5.41 Å². The fraction of sp³-hybridized carbons (Fsp3) is 0.400. The highest BCUT2D eigenvalue weighted by molar-refractivity contribution is 5.43. The molecular formula is C10H13NO. The van der Waals surface area contributed by atoms with Crippen LogP contribution in [0.2, 0.25) is 0 Å². The van der Waals surface area contributed by atoms with Crippen LogP contribution in [-0.4, -0.2) is 13.2 Å². The third-order valence-corrected chi connectivity index (χ3v) is 2.53. The number of benzene rings is 1. The second kappa shape index (κ2) is 2.49. The third kappa shape index (κ3) is 0.916. The number of hydrogen-bond acceptors (Lipinski definition) is 2. The first kappa shape index (κ1) is 7.62. The highest BCUT2D eigenvalue weighted by Crippen LogP contribution is 2.37. The van der Waals surface area contributed by atoms with Crippen LogP contribution in [0.15, 0.2) is 24.3 Å². The van der Waals surface area contributed by atoms with Gasteiger partial charge in [-0.05, 0) is 6.07 Å². The first-order chi connectivity index (χ1) is 5.76. The van der Waals surface area contributed by atoms with Crippen molar-refractivity contribution in [3.63, 3.8) is 0 Å². The Balaban J connectivity index is 2.49. The summed E-state index contributed by atoms with van der Waals surface area (Å²) >= 11 is 0. The van der Waals surface area contributed by atoms with Crippen molar-refractivity contribution < 1.29 is 4.74 Å². The lowest BCUT2D eigenvalue weighted by molar-refractivity contribution is 0.282. The Morgan fingerprint density at radius 2 is 2.25 bits per heavy atom. The van der Waals surface area contributed by atoms with Crippen LogP contribution in [0, 0.1) is 0 Å². The van der Waals surface area contributed by atoms with Gasteiger partial charge in [0.2, 0.25) is 0 Å². The van der Waals surface area contributed by atoms with Gasteiger partial charge in [-0.2, -0.15) is 0 Å². The molecule has 1 aromatic carbocycles. The van der Waals surface area contributed by atoms with Gasteiger partial charge in [0.1, 0.15) is 5.75 Å². The second-order valence-electron chi connectivity index (χ2n) is 3.55. The van der Waals surface area contributed by atoms with Crippen molar-refractivity contribution in [1.82, 2.24) is 0 Å². The zero-order valence-corrected chi connectivity index (χ0v) is 7.21. The van der Waals surface area contributed by atoms with Gasteiger partial charge >= 0.3 is 0 Å². The molecule has 1 unspecified atom stereocenters. The lowest BCUT2D eigenvalue weighted by atomic mass is 9.85. The average molecular weight is 163 g/mol. The van der Waals surface area contributed by atoms with Gasteiger partial charge in [0.15, 0.2) is 0 Å². The molecule has 0 bridgehead atoms. The third-order valence-electron chi connectivity index (χ3n) is 2.53. The number of nitrogens with two attached hydrogens (primary N) is 1. The molecule has 0 amide bonds. The van der Waals surface area contributed by atoms with Crippen molar-refractivity contribution in [2.45, 2.75) is 12.3 Å². The van der Waals surface area contributed by atoms with E-state index in [4.69, 9.17) is 10.5 Å². The summed E-state index contributed by atoms with van der Waals surface area (Å²) in [6.45, 7) is 3.49. The Hall–Kier alpha value is -1.02. The van der Waals surface area contributed by atoms with Crippen LogP contribution >= 0.6 is 0 Å². The molecule has 1 aliphatic heterocycles. The highest BCUT2D eigenvalue weighted by atomic mass is 16.5. The van der Waals surface area contributed by atoms with Crippen molar-refractivity contribution >= 4 is 0 Å². The minimum absolute atomic E-state index is 0.0244. The Labute approximate surface area is 72.3 Å². The minimum Gasteiger partial charge on any atom is -0.492 e. The molecule has 1 aliphatic rings. The minimum atomic E-state index is 0.0244. The van der Waals surface area contributed by atoms with Crippen LogP contribution in [0.5, 0.6) is 5.75 Å². The van der Waals surface area contributed by atoms with Gasteiger partial charge in [0, 0.05) is 17.5 Å². The largest absolute Gasteiger partial charge is 0.492 e. The lowest BCUT2D eigenvalue weighted by Crippen LogP contribution is -2.33. The Kier molecular flexibility index (Phi) is 1.58. The summed E-state index contributed by atoms with van der Waals surface area (Å²) in [6, 6.07) is 8.11. The molecule has 1 heterocycles. The van der Waals surface area contributed by atoms with Crippen LogP contribution in [0.1, 0.15) is 12.5 Å². The molecule has 1 aromatic rings. The molecular weight excluding hydrogens is 150 g/mol. The summed E-state index contributed by atoms with van der Waals surface area (Å²) in [7, 11) is 0. The summed E-state index contributed by atoms with van der Waals surface area (Å²) in [5.41, 5.74) is 6.97. The Bertz CT molecular complexity index is 298. The van der Waals surface area contributed by atoms with Crippen molar-refractivity contribution in [2.24, 2.45) is 5.73 Å². The molecule has 12 heavy (non-hydrogen) atoms. The van der Waals surface area contributed by atoms with Gasteiger partial charge < -0.3 is 10.5 Å².